The van der Waals surface area contributed by atoms with E-state index in [0.29, 0.717) is 48.4 Å². The van der Waals surface area contributed by atoms with Crippen LogP contribution in [0.15, 0.2) is 99.3 Å². The molecule has 2 heterocycles. The van der Waals surface area contributed by atoms with E-state index >= 15 is 0 Å². The van der Waals surface area contributed by atoms with Crippen molar-refractivity contribution in [3.05, 3.63) is 95.7 Å². The Morgan fingerprint density at radius 2 is 1.42 bits per heavy atom. The summed E-state index contributed by atoms with van der Waals surface area (Å²) < 4.78 is 96.5. The Hall–Kier alpha value is -4.19. The Labute approximate surface area is 310 Å². The Kier molecular flexibility index (Phi) is 11.0. The first-order valence-corrected chi connectivity index (χ1v) is 21.0. The third-order valence-corrected chi connectivity index (χ3v) is 13.2. The molecule has 16 heteroatoms. The average molecular weight is 788 g/mol. The molecular formula is C37H43N2O11S3+. The summed E-state index contributed by atoms with van der Waals surface area (Å²) in [5, 5.41) is 9.10. The van der Waals surface area contributed by atoms with E-state index in [4.69, 9.17) is 13.5 Å². The second-order valence-corrected chi connectivity index (χ2v) is 18.7. The maximum absolute atomic E-state index is 12.7. The Bertz CT molecular complexity index is 2390. The first-order valence-electron chi connectivity index (χ1n) is 16.7. The predicted molar refractivity (Wildman–Crippen MR) is 199 cm³/mol. The summed E-state index contributed by atoms with van der Waals surface area (Å²) in [6.45, 7) is 8.27. The highest BCUT2D eigenvalue weighted by Crippen LogP contribution is 2.52. The van der Waals surface area contributed by atoms with Crippen LogP contribution in [0.2, 0.25) is 0 Å². The topological polar surface area (TPSA) is 185 Å². The van der Waals surface area contributed by atoms with E-state index in [2.05, 4.69) is 4.58 Å². The number of allylic oxidation sites excluding steroid dienone is 4. The number of nitrogens with zero attached hydrogens (tertiary/aromatic N) is 2. The lowest BCUT2D eigenvalue weighted by molar-refractivity contribution is -0.438. The largest absolute Gasteiger partial charge is 0.481 e. The Morgan fingerprint density at radius 3 is 2.04 bits per heavy atom. The van der Waals surface area contributed by atoms with Gasteiger partial charge in [0.25, 0.3) is 30.4 Å². The number of fused-ring (bicyclic) bond motifs is 2. The fraction of sp³-hybridized carbons (Fsp3) is 0.351. The minimum absolute atomic E-state index is 0.0173. The molecule has 0 spiro atoms. The molecule has 3 aromatic rings. The molecule has 0 amide bonds. The van der Waals surface area contributed by atoms with Crippen LogP contribution >= 0.6 is 0 Å². The summed E-state index contributed by atoms with van der Waals surface area (Å²) in [5.41, 5.74) is 3.13. The minimum atomic E-state index is -4.54. The molecule has 2 aliphatic rings. The molecule has 13 nitrogen and oxygen atoms in total. The molecule has 2 aliphatic heterocycles. The average Bonchev–Trinajstić information content (AvgIpc) is 3.45. The molecule has 0 atom stereocenters. The van der Waals surface area contributed by atoms with Crippen molar-refractivity contribution in [1.29, 1.82) is 0 Å². The van der Waals surface area contributed by atoms with Gasteiger partial charge >= 0.3 is 5.97 Å². The fourth-order valence-corrected chi connectivity index (χ4v) is 8.85. The second-order valence-electron chi connectivity index (χ2n) is 13.8. The fourth-order valence-electron chi connectivity index (χ4n) is 6.95. The third kappa shape index (κ3) is 7.75. The number of anilines is 2. The molecule has 0 aliphatic carbocycles. The molecule has 2 N–H and O–H groups in total. The minimum Gasteiger partial charge on any atom is -0.481 e. The lowest BCUT2D eigenvalue weighted by atomic mass is 9.81. The van der Waals surface area contributed by atoms with Gasteiger partial charge in [0, 0.05) is 47.3 Å². The number of aliphatic carboxylic acids is 1. The van der Waals surface area contributed by atoms with E-state index in [-0.39, 0.29) is 21.1 Å². The molecule has 53 heavy (non-hydrogen) atoms. The Morgan fingerprint density at radius 1 is 0.792 bits per heavy atom. The van der Waals surface area contributed by atoms with Crippen molar-refractivity contribution in [2.75, 3.05) is 25.7 Å². The molecular weight excluding hydrogens is 745 g/mol. The monoisotopic (exact) mass is 787 g/mol. The summed E-state index contributed by atoms with van der Waals surface area (Å²) in [7, 11) is -10.4. The van der Waals surface area contributed by atoms with Crippen LogP contribution in [-0.2, 0) is 54.3 Å². The van der Waals surface area contributed by atoms with Crippen molar-refractivity contribution in [3.8, 4) is 0 Å². The first kappa shape index (κ1) is 40.0. The molecule has 0 saturated carbocycles. The van der Waals surface area contributed by atoms with E-state index in [1.165, 1.54) is 30.3 Å². The van der Waals surface area contributed by atoms with Crippen LogP contribution in [0, 0.1) is 0 Å². The van der Waals surface area contributed by atoms with Crippen molar-refractivity contribution in [2.45, 2.75) is 78.9 Å². The van der Waals surface area contributed by atoms with Crippen LogP contribution in [0.1, 0.15) is 64.5 Å². The molecule has 5 rings (SSSR count). The predicted octanol–water partition coefficient (Wildman–Crippen LogP) is 6.19. The zero-order chi connectivity index (χ0) is 39.1. The zero-order valence-electron chi connectivity index (χ0n) is 30.2. The Balaban J connectivity index is 1.65. The number of carboxylic acid groups (broad SMARTS) is 1. The van der Waals surface area contributed by atoms with Crippen LogP contribution in [0.4, 0.5) is 17.1 Å². The van der Waals surface area contributed by atoms with Gasteiger partial charge in [-0.3, -0.25) is 17.7 Å². The van der Waals surface area contributed by atoms with Crippen LogP contribution < -0.4 is 4.90 Å². The van der Waals surface area contributed by atoms with Crippen molar-refractivity contribution >= 4 is 59.1 Å². The molecule has 0 radical (unpaired) electrons. The van der Waals surface area contributed by atoms with Crippen LogP contribution in [0.3, 0.4) is 0 Å². The van der Waals surface area contributed by atoms with Crippen molar-refractivity contribution < 1.29 is 52.6 Å². The highest BCUT2D eigenvalue weighted by molar-refractivity contribution is 7.87. The van der Waals surface area contributed by atoms with Gasteiger partial charge in [0.1, 0.15) is 6.54 Å². The summed E-state index contributed by atoms with van der Waals surface area (Å²) >= 11 is 0. The standard InChI is InChI=1S/C37H42N2O11S3/c1-36(2)29-24-28(53(47,48)50-6)18-19-31(29)38(21-9-7-8-16-35(40)41)33(36)14-11-15-34-37(3,4)30-23-26(51(42,43)44)17-20-32(30)39(34)25-12-10-13-27(22-25)52(45,46)49-5/h10-15,17-20,22-24H,7-9,16,21H2,1-6H3,(H-,40,41,42,43,44)/p+1. The summed E-state index contributed by atoms with van der Waals surface area (Å²) in [6, 6.07) is 15.3. The van der Waals surface area contributed by atoms with Gasteiger partial charge in [0.15, 0.2) is 5.71 Å². The van der Waals surface area contributed by atoms with Gasteiger partial charge in [0.05, 0.1) is 40.0 Å². The maximum Gasteiger partial charge on any atom is 0.303 e. The molecule has 0 bridgehead atoms. The quantitative estimate of drug-likeness (QED) is 0.0818. The zero-order valence-corrected chi connectivity index (χ0v) is 32.7. The van der Waals surface area contributed by atoms with Crippen molar-refractivity contribution in [2.24, 2.45) is 0 Å². The number of unbranched alkanes of at least 4 members (excludes halogenated alkanes) is 2. The number of carbonyl (C=O) groups is 1. The van der Waals surface area contributed by atoms with E-state index in [0.717, 1.165) is 31.2 Å². The van der Waals surface area contributed by atoms with E-state index in [9.17, 15) is 34.6 Å². The number of hydrogen-bond donors (Lipinski definition) is 2. The van der Waals surface area contributed by atoms with E-state index in [1.807, 2.05) is 50.8 Å². The summed E-state index contributed by atoms with van der Waals surface area (Å²) in [6.07, 6.45) is 7.52. The van der Waals surface area contributed by atoms with Gasteiger partial charge in [-0.05, 0) is 86.9 Å². The van der Waals surface area contributed by atoms with E-state index < -0.39 is 47.2 Å². The van der Waals surface area contributed by atoms with Gasteiger partial charge in [-0.25, -0.2) is 0 Å². The van der Waals surface area contributed by atoms with Gasteiger partial charge in [-0.2, -0.15) is 29.8 Å². The number of hydrogen-bond acceptors (Lipinski definition) is 10. The molecule has 3 aromatic carbocycles. The summed E-state index contributed by atoms with van der Waals surface area (Å²) in [5.74, 6) is -0.861. The van der Waals surface area contributed by atoms with Gasteiger partial charge in [-0.15, -0.1) is 0 Å². The third-order valence-electron chi connectivity index (χ3n) is 9.80. The lowest BCUT2D eigenvalue weighted by Crippen LogP contribution is -2.28. The molecule has 0 saturated heterocycles. The number of rotatable bonds is 14. The molecule has 0 aromatic heterocycles. The molecule has 0 fully saturated rings. The number of benzene rings is 3. The van der Waals surface area contributed by atoms with Crippen LogP contribution in [0.5, 0.6) is 0 Å². The highest BCUT2D eigenvalue weighted by atomic mass is 32.2. The van der Waals surface area contributed by atoms with Gasteiger partial charge < -0.3 is 10.0 Å². The van der Waals surface area contributed by atoms with Crippen molar-refractivity contribution in [3.63, 3.8) is 0 Å². The lowest BCUT2D eigenvalue weighted by Gasteiger charge is -2.27. The first-order chi connectivity index (χ1) is 24.7. The SMILES string of the molecule is COS(=O)(=O)c1cccc(N2C(=CC=CC3=[N+](CCCCCC(=O)O)c4ccc(S(=O)(=O)OC)cc4C3(C)C)C(C)(C)c3cc(S(=O)(=O)O)ccc32)c1. The second kappa shape index (κ2) is 14.6. The normalized spacial score (nSPS) is 17.5. The smallest absolute Gasteiger partial charge is 0.303 e. The van der Waals surface area contributed by atoms with Crippen molar-refractivity contribution in [1.82, 2.24) is 0 Å². The molecule has 284 valence electrons. The summed E-state index contributed by atoms with van der Waals surface area (Å²) in [4.78, 5) is 12.6. The highest BCUT2D eigenvalue weighted by Gasteiger charge is 2.45. The van der Waals surface area contributed by atoms with Gasteiger partial charge in [0.2, 0.25) is 5.69 Å². The molecule has 0 unspecified atom stereocenters. The maximum atomic E-state index is 12.7. The number of carboxylic acids is 1. The van der Waals surface area contributed by atoms with Crippen LogP contribution in [-0.4, -0.2) is 71.9 Å². The van der Waals surface area contributed by atoms with Gasteiger partial charge in [-0.1, -0.05) is 26.0 Å². The van der Waals surface area contributed by atoms with E-state index in [1.54, 1.807) is 30.3 Å². The van der Waals surface area contributed by atoms with Crippen LogP contribution in [0.25, 0.3) is 0 Å².